The zero-order valence-electron chi connectivity index (χ0n) is 18.8. The lowest BCUT2D eigenvalue weighted by Crippen LogP contribution is -2.48. The molecule has 2 aliphatic rings. The molecule has 1 aliphatic carbocycles. The highest BCUT2D eigenvalue weighted by Gasteiger charge is 2.32. The summed E-state index contributed by atoms with van der Waals surface area (Å²) in [6.45, 7) is 20.9. The third-order valence-electron chi connectivity index (χ3n) is 5.47. The molecule has 1 aromatic carbocycles. The predicted octanol–water partition coefficient (Wildman–Crippen LogP) is 6.84. The van der Waals surface area contributed by atoms with Crippen LogP contribution in [-0.4, -0.2) is 30.6 Å². The van der Waals surface area contributed by atoms with E-state index < -0.39 is 0 Å². The zero-order chi connectivity index (χ0) is 21.2. The van der Waals surface area contributed by atoms with Gasteiger partial charge >= 0.3 is 0 Å². The van der Waals surface area contributed by atoms with Crippen LogP contribution in [0.5, 0.6) is 0 Å². The quantitative estimate of drug-likeness (QED) is 0.575. The van der Waals surface area contributed by atoms with Crippen LogP contribution in [0, 0.1) is 13.8 Å². The van der Waals surface area contributed by atoms with Gasteiger partial charge in [-0.2, -0.15) is 0 Å². The summed E-state index contributed by atoms with van der Waals surface area (Å²) >= 11 is 0. The molecule has 1 aromatic rings. The van der Waals surface area contributed by atoms with E-state index in [-0.39, 0.29) is 5.54 Å². The minimum atomic E-state index is 0.189. The van der Waals surface area contributed by atoms with Gasteiger partial charge in [0.2, 0.25) is 0 Å². The summed E-state index contributed by atoms with van der Waals surface area (Å²) in [5.74, 6) is 0. The van der Waals surface area contributed by atoms with Gasteiger partial charge in [-0.25, -0.2) is 0 Å². The number of allylic oxidation sites excluding steroid dienone is 4. The Morgan fingerprint density at radius 2 is 1.61 bits per heavy atom. The number of nitrogens with one attached hydrogen (secondary N) is 1. The fourth-order valence-corrected chi connectivity index (χ4v) is 3.78. The Morgan fingerprint density at radius 3 is 2.04 bits per heavy atom. The van der Waals surface area contributed by atoms with Crippen molar-refractivity contribution in [3.8, 4) is 0 Å². The number of rotatable bonds is 4. The van der Waals surface area contributed by atoms with E-state index in [1.807, 2.05) is 0 Å². The van der Waals surface area contributed by atoms with Crippen LogP contribution in [0.25, 0.3) is 0 Å². The highest BCUT2D eigenvalue weighted by molar-refractivity contribution is 5.54. The number of nitrogens with zero attached hydrogens (tertiary/aromatic N) is 1. The summed E-state index contributed by atoms with van der Waals surface area (Å²) in [5.41, 5.74) is 7.09. The predicted molar refractivity (Wildman–Crippen MR) is 127 cm³/mol. The summed E-state index contributed by atoms with van der Waals surface area (Å²) in [5, 5.41) is 3.81. The topological polar surface area (TPSA) is 15.3 Å². The Hall–Kier alpha value is -2.06. The molecule has 0 saturated carbocycles. The van der Waals surface area contributed by atoms with Gasteiger partial charge in [-0.05, 0) is 72.1 Å². The number of anilines is 1. The average molecular weight is 381 g/mol. The third kappa shape index (κ3) is 7.52. The normalized spacial score (nSPS) is 17.9. The van der Waals surface area contributed by atoms with Gasteiger partial charge in [0, 0.05) is 24.3 Å². The molecule has 0 atom stereocenters. The van der Waals surface area contributed by atoms with Crippen molar-refractivity contribution in [1.29, 1.82) is 0 Å². The first-order valence-corrected chi connectivity index (χ1v) is 10.3. The summed E-state index contributed by atoms with van der Waals surface area (Å²) in [6.07, 6.45) is 11.0. The first-order chi connectivity index (χ1) is 13.3. The average Bonchev–Trinajstić information content (AvgIpc) is 3.05. The largest absolute Gasteiger partial charge is 0.379 e. The Morgan fingerprint density at radius 1 is 1.04 bits per heavy atom. The van der Waals surface area contributed by atoms with E-state index >= 15 is 0 Å². The van der Waals surface area contributed by atoms with E-state index in [2.05, 4.69) is 101 Å². The second kappa shape index (κ2) is 11.7. The van der Waals surface area contributed by atoms with Crippen molar-refractivity contribution in [3.05, 3.63) is 78.4 Å². The van der Waals surface area contributed by atoms with E-state index in [0.717, 1.165) is 19.5 Å². The number of aryl methyl sites for hydroxylation is 2. The second-order valence-corrected chi connectivity index (χ2v) is 8.22. The molecule has 3 rings (SSSR count). The van der Waals surface area contributed by atoms with Gasteiger partial charge in [-0.15, -0.1) is 19.7 Å². The second-order valence-electron chi connectivity index (χ2n) is 8.22. The Labute approximate surface area is 173 Å². The van der Waals surface area contributed by atoms with Gasteiger partial charge in [0.15, 0.2) is 0 Å². The van der Waals surface area contributed by atoms with E-state index in [1.54, 1.807) is 0 Å². The molecule has 1 N–H and O–H groups in total. The Bertz CT molecular complexity index is 672. The maximum atomic E-state index is 3.94. The van der Waals surface area contributed by atoms with Crippen molar-refractivity contribution in [2.75, 3.05) is 25.5 Å². The van der Waals surface area contributed by atoms with Crippen molar-refractivity contribution in [1.82, 2.24) is 4.90 Å². The first kappa shape index (κ1) is 24.0. The molecule has 1 fully saturated rings. The van der Waals surface area contributed by atoms with E-state index in [0.29, 0.717) is 0 Å². The van der Waals surface area contributed by atoms with Crippen molar-refractivity contribution in [3.63, 3.8) is 0 Å². The highest BCUT2D eigenvalue weighted by atomic mass is 15.1. The number of hydrogen-bond acceptors (Lipinski definition) is 2. The van der Waals surface area contributed by atoms with Crippen LogP contribution in [-0.2, 0) is 0 Å². The zero-order valence-corrected chi connectivity index (χ0v) is 18.8. The molecular weight excluding hydrogens is 340 g/mol. The molecule has 0 aromatic heterocycles. The fourth-order valence-electron chi connectivity index (χ4n) is 3.78. The summed E-state index contributed by atoms with van der Waals surface area (Å²) in [6, 6.07) is 6.65. The van der Waals surface area contributed by atoms with Gasteiger partial charge in [0.05, 0.1) is 0 Å². The molecule has 2 heteroatoms. The number of piperidine rings is 1. The number of benzene rings is 1. The van der Waals surface area contributed by atoms with E-state index in [9.17, 15) is 0 Å². The maximum absolute atomic E-state index is 3.94. The minimum Gasteiger partial charge on any atom is -0.379 e. The molecule has 1 saturated heterocycles. The molecular formula is C26H40N2. The molecule has 1 aliphatic heterocycles. The van der Waals surface area contributed by atoms with Gasteiger partial charge < -0.3 is 10.2 Å². The van der Waals surface area contributed by atoms with Crippen LogP contribution in [0.4, 0.5) is 5.69 Å². The maximum Gasteiger partial charge on any atom is 0.0432 e. The lowest BCUT2D eigenvalue weighted by molar-refractivity contribution is 0.206. The van der Waals surface area contributed by atoms with Crippen molar-refractivity contribution in [2.45, 2.75) is 58.9 Å². The van der Waals surface area contributed by atoms with Gasteiger partial charge in [0.1, 0.15) is 0 Å². The summed E-state index contributed by atoms with van der Waals surface area (Å²) in [7, 11) is 2.20. The molecule has 28 heavy (non-hydrogen) atoms. The Kier molecular flexibility index (Phi) is 10.0. The van der Waals surface area contributed by atoms with Crippen molar-refractivity contribution >= 4 is 5.69 Å². The minimum absolute atomic E-state index is 0.189. The molecule has 0 radical (unpaired) electrons. The van der Waals surface area contributed by atoms with Crippen LogP contribution >= 0.6 is 0 Å². The number of hydrogen-bond donors (Lipinski definition) is 1. The van der Waals surface area contributed by atoms with Gasteiger partial charge in [-0.3, -0.25) is 0 Å². The molecule has 0 spiro atoms. The molecule has 0 bridgehead atoms. The van der Waals surface area contributed by atoms with Crippen molar-refractivity contribution in [2.24, 2.45) is 0 Å². The number of likely N-dealkylation sites (tertiary alicyclic amines) is 1. The van der Waals surface area contributed by atoms with Gasteiger partial charge in [-0.1, -0.05) is 47.1 Å². The fraction of sp³-hybridized carbons (Fsp3) is 0.462. The third-order valence-corrected chi connectivity index (χ3v) is 5.47. The van der Waals surface area contributed by atoms with Crippen LogP contribution in [0.15, 0.2) is 67.3 Å². The first-order valence-electron chi connectivity index (χ1n) is 10.3. The SMILES string of the molecule is C=C.C=CCC1(Nc2ccc(C)cc2C)CCN(C)CC1.CC1=CC=C(C)C1. The van der Waals surface area contributed by atoms with Crippen LogP contribution in [0.1, 0.15) is 50.7 Å². The molecule has 1 heterocycles. The van der Waals surface area contributed by atoms with Crippen LogP contribution in [0.2, 0.25) is 0 Å². The summed E-state index contributed by atoms with van der Waals surface area (Å²) < 4.78 is 0. The van der Waals surface area contributed by atoms with Crippen molar-refractivity contribution < 1.29 is 0 Å². The van der Waals surface area contributed by atoms with E-state index in [1.165, 1.54) is 47.2 Å². The molecule has 2 nitrogen and oxygen atoms in total. The molecule has 0 amide bonds. The Balaban J connectivity index is 0.000000363. The van der Waals surface area contributed by atoms with Crippen LogP contribution in [0.3, 0.4) is 0 Å². The van der Waals surface area contributed by atoms with Gasteiger partial charge in [0.25, 0.3) is 0 Å². The smallest absolute Gasteiger partial charge is 0.0432 e. The monoisotopic (exact) mass is 380 g/mol. The molecule has 154 valence electrons. The standard InChI is InChI=1S/C17H26N2.C7H10.C2H4/c1-5-8-17(9-11-19(4)12-10-17)18-16-7-6-14(2)13-15(16)3;1-6-3-4-7(2)5-6;1-2/h5-7,13,18H,1,8-12H2,2-4H3;3-4H,5H2,1-2H3;1-2H2. The summed E-state index contributed by atoms with van der Waals surface area (Å²) in [4.78, 5) is 2.41. The lowest BCUT2D eigenvalue weighted by Gasteiger charge is -2.42. The molecule has 0 unspecified atom stereocenters. The highest BCUT2D eigenvalue weighted by Crippen LogP contribution is 2.31. The van der Waals surface area contributed by atoms with E-state index in [4.69, 9.17) is 0 Å². The van der Waals surface area contributed by atoms with Crippen LogP contribution < -0.4 is 5.32 Å². The lowest BCUT2D eigenvalue weighted by atomic mass is 9.84.